The lowest BCUT2D eigenvalue weighted by molar-refractivity contribution is -0.159. The predicted molar refractivity (Wildman–Crippen MR) is 101 cm³/mol. The topological polar surface area (TPSA) is 43.4 Å². The monoisotopic (exact) mass is 358 g/mol. The van der Waals surface area contributed by atoms with Crippen LogP contribution in [0.3, 0.4) is 0 Å². The summed E-state index contributed by atoms with van der Waals surface area (Å²) in [5, 5.41) is 0. The van der Waals surface area contributed by atoms with Gasteiger partial charge in [-0.1, -0.05) is 19.9 Å². The van der Waals surface area contributed by atoms with Gasteiger partial charge in [-0.15, -0.1) is 0 Å². The lowest BCUT2D eigenvalue weighted by Gasteiger charge is -2.60. The average molecular weight is 359 g/mol. The van der Waals surface area contributed by atoms with Crippen molar-refractivity contribution in [2.45, 2.75) is 85.2 Å². The number of allylic oxidation sites excluding steroid dienone is 2. The summed E-state index contributed by atoms with van der Waals surface area (Å²) in [4.78, 5) is 23.5. The molecule has 3 fully saturated rings. The van der Waals surface area contributed by atoms with Crippen molar-refractivity contribution in [3.05, 3.63) is 11.6 Å². The smallest absolute Gasteiger partial charge is 0.302 e. The van der Waals surface area contributed by atoms with Crippen LogP contribution >= 0.6 is 0 Å². The fraction of sp³-hybridized carbons (Fsp3) is 0.826. The number of ketones is 1. The Bertz CT molecular complexity index is 650. The van der Waals surface area contributed by atoms with Crippen molar-refractivity contribution in [1.82, 2.24) is 0 Å². The van der Waals surface area contributed by atoms with Crippen LogP contribution in [0.25, 0.3) is 0 Å². The van der Waals surface area contributed by atoms with Crippen LogP contribution in [-0.2, 0) is 14.3 Å². The minimum atomic E-state index is -0.130. The van der Waals surface area contributed by atoms with E-state index in [0.29, 0.717) is 17.3 Å². The van der Waals surface area contributed by atoms with Gasteiger partial charge in [0.15, 0.2) is 5.78 Å². The highest BCUT2D eigenvalue weighted by atomic mass is 16.5. The lowest BCUT2D eigenvalue weighted by Crippen LogP contribution is -2.54. The van der Waals surface area contributed by atoms with E-state index in [9.17, 15) is 9.59 Å². The average Bonchev–Trinajstić information content (AvgIpc) is 2.92. The van der Waals surface area contributed by atoms with Crippen LogP contribution in [-0.4, -0.2) is 17.9 Å². The summed E-state index contributed by atoms with van der Waals surface area (Å²) in [5.74, 6) is 3.03. The van der Waals surface area contributed by atoms with Crippen molar-refractivity contribution >= 4 is 11.8 Å². The normalized spacial score (nSPS) is 47.2. The highest BCUT2D eigenvalue weighted by Crippen LogP contribution is 2.66. The highest BCUT2D eigenvalue weighted by molar-refractivity contribution is 5.95. The number of hydrogen-bond acceptors (Lipinski definition) is 3. The van der Waals surface area contributed by atoms with Crippen LogP contribution in [0.2, 0.25) is 0 Å². The molecule has 0 heterocycles. The van der Waals surface area contributed by atoms with E-state index in [1.165, 1.54) is 39.0 Å². The minimum absolute atomic E-state index is 0.116. The Labute approximate surface area is 157 Å². The third kappa shape index (κ3) is 2.60. The van der Waals surface area contributed by atoms with Gasteiger partial charge in [0, 0.05) is 6.92 Å². The molecular weight excluding hydrogens is 324 g/mol. The molecular formula is C23H34O3. The molecule has 0 aromatic rings. The van der Waals surface area contributed by atoms with Gasteiger partial charge in [0.25, 0.3) is 0 Å². The molecule has 0 spiro atoms. The van der Waals surface area contributed by atoms with Gasteiger partial charge in [-0.05, 0) is 98.4 Å². The van der Waals surface area contributed by atoms with Crippen molar-refractivity contribution in [1.29, 1.82) is 0 Å². The van der Waals surface area contributed by atoms with Gasteiger partial charge in [-0.2, -0.15) is 0 Å². The van der Waals surface area contributed by atoms with E-state index in [2.05, 4.69) is 19.9 Å². The predicted octanol–water partition coefficient (Wildman–Crippen LogP) is 5.09. The molecule has 7 atom stereocenters. The summed E-state index contributed by atoms with van der Waals surface area (Å²) in [6.45, 7) is 8.17. The molecule has 3 nitrogen and oxygen atoms in total. The Balaban J connectivity index is 1.54. The van der Waals surface area contributed by atoms with E-state index in [0.717, 1.165) is 36.7 Å². The van der Waals surface area contributed by atoms with Crippen LogP contribution < -0.4 is 0 Å². The summed E-state index contributed by atoms with van der Waals surface area (Å²) < 4.78 is 5.56. The molecule has 0 radical (unpaired) electrons. The molecule has 4 aliphatic carbocycles. The van der Waals surface area contributed by atoms with E-state index in [1.807, 2.05) is 0 Å². The van der Waals surface area contributed by atoms with Crippen molar-refractivity contribution in [3.63, 3.8) is 0 Å². The molecule has 0 amide bonds. The van der Waals surface area contributed by atoms with E-state index < -0.39 is 0 Å². The number of carbonyl (C=O) groups excluding carboxylic acids is 2. The van der Waals surface area contributed by atoms with Gasteiger partial charge in [-0.25, -0.2) is 0 Å². The maximum absolute atomic E-state index is 12.2. The number of rotatable bonds is 2. The van der Waals surface area contributed by atoms with Crippen LogP contribution in [0.5, 0.6) is 0 Å². The van der Waals surface area contributed by atoms with Crippen molar-refractivity contribution in [2.75, 3.05) is 0 Å². The summed E-state index contributed by atoms with van der Waals surface area (Å²) in [6.07, 6.45) is 11.7. The number of esters is 1. The highest BCUT2D eigenvalue weighted by Gasteiger charge is 2.59. The van der Waals surface area contributed by atoms with Crippen LogP contribution in [0, 0.1) is 34.5 Å². The standard InChI is InChI=1S/C23H34O3/c1-14(24)19-7-8-20-18-6-5-16-13-17(26-15(2)25)9-11-22(16,3)21(18)10-12-23(19,20)4/h7,16-18,20-21H,5-6,8-13H2,1-4H3/t16-,17-,18-,20-,21-,22+,23-/m1/s1. The summed E-state index contributed by atoms with van der Waals surface area (Å²) in [6, 6.07) is 0. The molecule has 0 aliphatic heterocycles. The summed E-state index contributed by atoms with van der Waals surface area (Å²) in [5.41, 5.74) is 1.62. The Morgan fingerprint density at radius 3 is 2.50 bits per heavy atom. The number of Topliss-reactive ketones (excluding diaryl/α,β-unsaturated/α-hetero) is 1. The third-order valence-corrected chi connectivity index (χ3v) is 8.91. The molecule has 144 valence electrons. The summed E-state index contributed by atoms with van der Waals surface area (Å²) >= 11 is 0. The van der Waals surface area contributed by atoms with E-state index in [4.69, 9.17) is 4.74 Å². The molecule has 0 bridgehead atoms. The second-order valence-electron chi connectivity index (χ2n) is 10.0. The SMILES string of the molecule is CC(=O)O[C@@H]1CC[C@@]2(C)[C@H](CC[C@H]3[C@H]2CC[C@]2(C)C(C(C)=O)=CC[C@H]32)C1. The van der Waals surface area contributed by atoms with Crippen LogP contribution in [0.1, 0.15) is 79.1 Å². The molecule has 4 aliphatic rings. The summed E-state index contributed by atoms with van der Waals surface area (Å²) in [7, 11) is 0. The molecule has 3 saturated carbocycles. The molecule has 0 N–H and O–H groups in total. The van der Waals surface area contributed by atoms with Gasteiger partial charge in [0.2, 0.25) is 0 Å². The first-order valence-corrected chi connectivity index (χ1v) is 10.6. The second-order valence-corrected chi connectivity index (χ2v) is 10.0. The maximum atomic E-state index is 12.2. The zero-order valence-electron chi connectivity index (χ0n) is 16.8. The number of carbonyl (C=O) groups is 2. The molecule has 0 aromatic heterocycles. The van der Waals surface area contributed by atoms with E-state index in [-0.39, 0.29) is 23.3 Å². The zero-order valence-corrected chi connectivity index (χ0v) is 16.8. The Kier molecular flexibility index (Phi) is 4.36. The largest absolute Gasteiger partial charge is 0.463 e. The Morgan fingerprint density at radius 2 is 1.81 bits per heavy atom. The van der Waals surface area contributed by atoms with Gasteiger partial charge in [0.1, 0.15) is 6.10 Å². The van der Waals surface area contributed by atoms with Gasteiger partial charge >= 0.3 is 5.97 Å². The quantitative estimate of drug-likeness (QED) is 0.646. The molecule has 4 rings (SSSR count). The molecule has 26 heavy (non-hydrogen) atoms. The molecule has 0 unspecified atom stereocenters. The third-order valence-electron chi connectivity index (χ3n) is 8.91. The Hall–Kier alpha value is -1.12. The Morgan fingerprint density at radius 1 is 1.04 bits per heavy atom. The minimum Gasteiger partial charge on any atom is -0.463 e. The zero-order chi connectivity index (χ0) is 18.7. The van der Waals surface area contributed by atoms with Crippen molar-refractivity contribution < 1.29 is 14.3 Å². The fourth-order valence-corrected chi connectivity index (χ4v) is 7.67. The van der Waals surface area contributed by atoms with Gasteiger partial charge in [-0.3, -0.25) is 9.59 Å². The number of hydrogen-bond donors (Lipinski definition) is 0. The fourth-order valence-electron chi connectivity index (χ4n) is 7.67. The molecule has 0 aromatic carbocycles. The second kappa shape index (κ2) is 6.21. The van der Waals surface area contributed by atoms with Crippen LogP contribution in [0.15, 0.2) is 11.6 Å². The van der Waals surface area contributed by atoms with Gasteiger partial charge in [0.05, 0.1) is 0 Å². The van der Waals surface area contributed by atoms with Crippen LogP contribution in [0.4, 0.5) is 0 Å². The number of ether oxygens (including phenoxy) is 1. The van der Waals surface area contributed by atoms with Gasteiger partial charge < -0.3 is 4.74 Å². The van der Waals surface area contributed by atoms with E-state index >= 15 is 0 Å². The first-order chi connectivity index (χ1) is 12.3. The first-order valence-electron chi connectivity index (χ1n) is 10.6. The van der Waals surface area contributed by atoms with Crippen molar-refractivity contribution in [3.8, 4) is 0 Å². The molecule has 0 saturated heterocycles. The maximum Gasteiger partial charge on any atom is 0.302 e. The molecule has 3 heteroatoms. The van der Waals surface area contributed by atoms with E-state index in [1.54, 1.807) is 6.92 Å². The number of fused-ring (bicyclic) bond motifs is 5. The first kappa shape index (κ1) is 18.3. The lowest BCUT2D eigenvalue weighted by atomic mass is 9.44. The van der Waals surface area contributed by atoms with Crippen molar-refractivity contribution in [2.24, 2.45) is 34.5 Å².